The molecule has 4 aromatic rings. The molecule has 2 aromatic heterocycles. The zero-order valence-corrected chi connectivity index (χ0v) is 19.5. The van der Waals surface area contributed by atoms with Crippen molar-refractivity contribution in [2.75, 3.05) is 19.0 Å². The number of benzene rings is 2. The summed E-state index contributed by atoms with van der Waals surface area (Å²) in [5, 5.41) is 16.3. The highest BCUT2D eigenvalue weighted by Gasteiger charge is 2.15. The Kier molecular flexibility index (Phi) is 5.84. The molecule has 1 amide bonds. The molecular formula is C23H25N5O3S. The van der Waals surface area contributed by atoms with Gasteiger partial charge in [-0.05, 0) is 48.2 Å². The van der Waals surface area contributed by atoms with Gasteiger partial charge in [0.05, 0.1) is 12.8 Å². The van der Waals surface area contributed by atoms with Gasteiger partial charge in [0.2, 0.25) is 4.96 Å². The SMILES string of the molecule is COc1ccc(-c2nn3c(C)nnc3s2)cc1NC(=O)COc1ccc(C(C)(C)C)cc1. The van der Waals surface area contributed by atoms with Crippen LogP contribution >= 0.6 is 11.3 Å². The summed E-state index contributed by atoms with van der Waals surface area (Å²) in [7, 11) is 1.56. The van der Waals surface area contributed by atoms with Crippen molar-refractivity contribution in [1.29, 1.82) is 0 Å². The highest BCUT2D eigenvalue weighted by molar-refractivity contribution is 7.19. The van der Waals surface area contributed by atoms with Gasteiger partial charge in [0.1, 0.15) is 16.5 Å². The van der Waals surface area contributed by atoms with Gasteiger partial charge in [-0.25, -0.2) is 0 Å². The molecule has 0 bridgehead atoms. The maximum absolute atomic E-state index is 12.5. The molecule has 32 heavy (non-hydrogen) atoms. The van der Waals surface area contributed by atoms with Crippen molar-refractivity contribution in [2.45, 2.75) is 33.1 Å². The smallest absolute Gasteiger partial charge is 0.262 e. The van der Waals surface area contributed by atoms with E-state index in [-0.39, 0.29) is 17.9 Å². The molecule has 0 aliphatic heterocycles. The monoisotopic (exact) mass is 451 g/mol. The number of rotatable bonds is 6. The number of hydrogen-bond acceptors (Lipinski definition) is 7. The third-order valence-electron chi connectivity index (χ3n) is 4.96. The fraction of sp³-hybridized carbons (Fsp3) is 0.304. The fourth-order valence-corrected chi connectivity index (χ4v) is 4.04. The van der Waals surface area contributed by atoms with Gasteiger partial charge in [-0.2, -0.15) is 9.61 Å². The lowest BCUT2D eigenvalue weighted by Crippen LogP contribution is -2.20. The number of aromatic nitrogens is 4. The molecule has 0 spiro atoms. The molecule has 166 valence electrons. The topological polar surface area (TPSA) is 90.6 Å². The number of fused-ring (bicyclic) bond motifs is 1. The second kappa shape index (κ2) is 8.58. The van der Waals surface area contributed by atoms with Crippen LogP contribution in [0.1, 0.15) is 32.2 Å². The van der Waals surface area contributed by atoms with Crippen LogP contribution in [0.3, 0.4) is 0 Å². The average molecular weight is 452 g/mol. The molecular weight excluding hydrogens is 426 g/mol. The van der Waals surface area contributed by atoms with Crippen molar-refractivity contribution < 1.29 is 14.3 Å². The molecule has 0 atom stereocenters. The van der Waals surface area contributed by atoms with Crippen molar-refractivity contribution in [1.82, 2.24) is 19.8 Å². The number of nitrogens with one attached hydrogen (secondary N) is 1. The second-order valence-electron chi connectivity index (χ2n) is 8.38. The molecule has 1 N–H and O–H groups in total. The number of hydrogen-bond donors (Lipinski definition) is 1. The van der Waals surface area contributed by atoms with Crippen molar-refractivity contribution in [3.05, 3.63) is 53.9 Å². The van der Waals surface area contributed by atoms with Crippen molar-refractivity contribution >= 4 is 27.9 Å². The number of carbonyl (C=O) groups excluding carboxylic acids is 1. The van der Waals surface area contributed by atoms with Crippen LogP contribution in [-0.4, -0.2) is 39.4 Å². The Morgan fingerprint density at radius 3 is 2.53 bits per heavy atom. The third-order valence-corrected chi connectivity index (χ3v) is 5.91. The summed E-state index contributed by atoms with van der Waals surface area (Å²) in [6.45, 7) is 8.19. The van der Waals surface area contributed by atoms with Crippen LogP contribution in [0.5, 0.6) is 11.5 Å². The first-order valence-electron chi connectivity index (χ1n) is 10.1. The van der Waals surface area contributed by atoms with E-state index in [4.69, 9.17) is 9.47 Å². The van der Waals surface area contributed by atoms with Crippen LogP contribution in [-0.2, 0) is 10.2 Å². The molecule has 0 fully saturated rings. The van der Waals surface area contributed by atoms with Gasteiger partial charge in [-0.3, -0.25) is 4.79 Å². The van der Waals surface area contributed by atoms with E-state index >= 15 is 0 Å². The number of aryl methyl sites for hydroxylation is 1. The van der Waals surface area contributed by atoms with Gasteiger partial charge < -0.3 is 14.8 Å². The molecule has 0 aliphatic rings. The van der Waals surface area contributed by atoms with E-state index < -0.39 is 0 Å². The van der Waals surface area contributed by atoms with E-state index in [9.17, 15) is 4.79 Å². The van der Waals surface area contributed by atoms with Crippen LogP contribution in [0.4, 0.5) is 5.69 Å². The molecule has 0 unspecified atom stereocenters. The molecule has 8 nitrogen and oxygen atoms in total. The summed E-state index contributed by atoms with van der Waals surface area (Å²) in [4.78, 5) is 13.3. The highest BCUT2D eigenvalue weighted by Crippen LogP contribution is 2.33. The Morgan fingerprint density at radius 1 is 1.12 bits per heavy atom. The molecule has 0 saturated heterocycles. The van der Waals surface area contributed by atoms with E-state index in [2.05, 4.69) is 41.4 Å². The Bertz CT molecular complexity index is 1260. The van der Waals surface area contributed by atoms with Gasteiger partial charge in [-0.15, -0.1) is 10.2 Å². The maximum atomic E-state index is 12.5. The summed E-state index contributed by atoms with van der Waals surface area (Å²) < 4.78 is 12.8. The lowest BCUT2D eigenvalue weighted by atomic mass is 9.87. The van der Waals surface area contributed by atoms with E-state index in [1.54, 1.807) is 17.7 Å². The lowest BCUT2D eigenvalue weighted by molar-refractivity contribution is -0.118. The Hall–Kier alpha value is -3.46. The summed E-state index contributed by atoms with van der Waals surface area (Å²) in [6, 6.07) is 13.3. The molecule has 4 rings (SSSR count). The number of nitrogens with zero attached hydrogens (tertiary/aromatic N) is 4. The number of amides is 1. The Morgan fingerprint density at radius 2 is 1.88 bits per heavy atom. The Balaban J connectivity index is 1.46. The zero-order chi connectivity index (χ0) is 22.9. The minimum atomic E-state index is -0.283. The summed E-state index contributed by atoms with van der Waals surface area (Å²) in [6.07, 6.45) is 0. The van der Waals surface area contributed by atoms with Crippen LogP contribution < -0.4 is 14.8 Å². The average Bonchev–Trinajstić information content (AvgIpc) is 3.34. The van der Waals surface area contributed by atoms with Crippen LogP contribution in [0.15, 0.2) is 42.5 Å². The van der Waals surface area contributed by atoms with Crippen molar-refractivity contribution in [3.63, 3.8) is 0 Å². The van der Waals surface area contributed by atoms with E-state index in [0.29, 0.717) is 22.1 Å². The molecule has 2 aromatic carbocycles. The molecule has 0 saturated carbocycles. The predicted molar refractivity (Wildman–Crippen MR) is 125 cm³/mol. The van der Waals surface area contributed by atoms with Crippen molar-refractivity contribution in [3.8, 4) is 22.1 Å². The summed E-state index contributed by atoms with van der Waals surface area (Å²) in [5.74, 6) is 1.63. The molecule has 0 aliphatic carbocycles. The third kappa shape index (κ3) is 4.57. The van der Waals surface area contributed by atoms with Crippen LogP contribution in [0, 0.1) is 6.92 Å². The summed E-state index contributed by atoms with van der Waals surface area (Å²) in [5.41, 5.74) is 2.66. The van der Waals surface area contributed by atoms with Crippen LogP contribution in [0.2, 0.25) is 0 Å². The molecule has 2 heterocycles. The first kappa shape index (κ1) is 21.8. The van der Waals surface area contributed by atoms with Gasteiger partial charge in [0.25, 0.3) is 5.91 Å². The van der Waals surface area contributed by atoms with Gasteiger partial charge in [0, 0.05) is 5.56 Å². The number of carbonyl (C=O) groups is 1. The van der Waals surface area contributed by atoms with Gasteiger partial charge in [-0.1, -0.05) is 44.2 Å². The Labute approximate surface area is 190 Å². The largest absolute Gasteiger partial charge is 0.495 e. The van der Waals surface area contributed by atoms with Crippen molar-refractivity contribution in [2.24, 2.45) is 0 Å². The van der Waals surface area contributed by atoms with Crippen LogP contribution in [0.25, 0.3) is 15.5 Å². The maximum Gasteiger partial charge on any atom is 0.262 e. The molecule has 9 heteroatoms. The highest BCUT2D eigenvalue weighted by atomic mass is 32.1. The molecule has 0 radical (unpaired) electrons. The standard InChI is InChI=1S/C23H25N5O3S/c1-14-25-26-22-28(14)27-21(32-22)15-6-11-19(30-5)18(12-15)24-20(29)13-31-17-9-7-16(8-10-17)23(2,3)4/h6-12H,13H2,1-5H3,(H,24,29). The number of ether oxygens (including phenoxy) is 2. The first-order valence-corrected chi connectivity index (χ1v) is 11.0. The van der Waals surface area contributed by atoms with Gasteiger partial charge >= 0.3 is 0 Å². The quantitative estimate of drug-likeness (QED) is 0.465. The van der Waals surface area contributed by atoms with E-state index in [1.165, 1.54) is 16.9 Å². The van der Waals surface area contributed by atoms with E-state index in [0.717, 1.165) is 16.4 Å². The summed E-state index contributed by atoms with van der Waals surface area (Å²) >= 11 is 1.42. The fourth-order valence-electron chi connectivity index (χ4n) is 3.16. The number of methoxy groups -OCH3 is 1. The first-order chi connectivity index (χ1) is 15.2. The minimum absolute atomic E-state index is 0.0626. The van der Waals surface area contributed by atoms with Gasteiger partial charge in [0.15, 0.2) is 12.4 Å². The minimum Gasteiger partial charge on any atom is -0.495 e. The van der Waals surface area contributed by atoms with E-state index in [1.807, 2.05) is 43.3 Å². The normalized spacial score (nSPS) is 11.5. The lowest BCUT2D eigenvalue weighted by Gasteiger charge is -2.19. The zero-order valence-electron chi connectivity index (χ0n) is 18.7. The predicted octanol–water partition coefficient (Wildman–Crippen LogP) is 4.48. The number of anilines is 1. The second-order valence-corrected chi connectivity index (χ2v) is 9.33.